The number of rotatable bonds is 2. The zero-order valence-electron chi connectivity index (χ0n) is 7.29. The number of allylic oxidation sites excluding steroid dienone is 2. The highest BCUT2D eigenvalue weighted by Gasteiger charge is 2.43. The van der Waals surface area contributed by atoms with E-state index in [0.717, 1.165) is 13.0 Å². The highest BCUT2D eigenvalue weighted by molar-refractivity contribution is 5.80. The summed E-state index contributed by atoms with van der Waals surface area (Å²) in [6.07, 6.45) is 4.71. The molecule has 0 spiro atoms. The smallest absolute Gasteiger partial charge is 0.221 e. The van der Waals surface area contributed by atoms with E-state index in [9.17, 15) is 4.79 Å². The summed E-state index contributed by atoms with van der Waals surface area (Å²) in [7, 11) is 0. The van der Waals surface area contributed by atoms with E-state index in [0.29, 0.717) is 11.7 Å². The molecule has 0 aromatic heterocycles. The molecule has 1 aliphatic carbocycles. The zero-order valence-corrected chi connectivity index (χ0v) is 7.29. The average Bonchev–Trinajstić information content (AvgIpc) is 2.85. The van der Waals surface area contributed by atoms with Crippen molar-refractivity contribution in [2.45, 2.75) is 6.42 Å². The number of carbonyl (C=O) groups excluding carboxylic acids is 1. The fourth-order valence-electron chi connectivity index (χ4n) is 1.69. The van der Waals surface area contributed by atoms with Crippen LogP contribution in [-0.4, -0.2) is 12.5 Å². The maximum absolute atomic E-state index is 10.8. The van der Waals surface area contributed by atoms with Crippen LogP contribution >= 0.6 is 0 Å². The van der Waals surface area contributed by atoms with Crippen molar-refractivity contribution in [3.05, 3.63) is 23.5 Å². The molecule has 5 N–H and O–H groups in total. The van der Waals surface area contributed by atoms with Crippen LogP contribution in [0.5, 0.6) is 0 Å². The number of primary amides is 1. The Labute approximate surface area is 76.7 Å². The van der Waals surface area contributed by atoms with Gasteiger partial charge >= 0.3 is 0 Å². The molecule has 1 amide bonds. The summed E-state index contributed by atoms with van der Waals surface area (Å²) in [6, 6.07) is 0. The molecule has 2 atom stereocenters. The van der Waals surface area contributed by atoms with Crippen molar-refractivity contribution >= 4 is 5.91 Å². The third-order valence-electron chi connectivity index (χ3n) is 2.61. The third-order valence-corrected chi connectivity index (χ3v) is 2.61. The van der Waals surface area contributed by atoms with Crippen LogP contribution in [0.4, 0.5) is 0 Å². The molecule has 0 unspecified atom stereocenters. The van der Waals surface area contributed by atoms with Crippen molar-refractivity contribution in [1.82, 2.24) is 5.32 Å². The highest BCUT2D eigenvalue weighted by Crippen LogP contribution is 2.44. The predicted octanol–water partition coefficient (Wildman–Crippen LogP) is -0.562. The maximum Gasteiger partial charge on any atom is 0.221 e. The number of carbonyl (C=O) groups is 1. The van der Waals surface area contributed by atoms with Gasteiger partial charge in [0.25, 0.3) is 0 Å². The van der Waals surface area contributed by atoms with Crippen LogP contribution in [0.3, 0.4) is 0 Å². The van der Waals surface area contributed by atoms with Crippen LogP contribution in [0.1, 0.15) is 6.42 Å². The quantitative estimate of drug-likeness (QED) is 0.531. The highest BCUT2D eigenvalue weighted by atomic mass is 16.1. The largest absolute Gasteiger partial charge is 0.386 e. The molecule has 2 rings (SSSR count). The van der Waals surface area contributed by atoms with Crippen LogP contribution in [0.15, 0.2) is 23.5 Å². The van der Waals surface area contributed by atoms with Crippen molar-refractivity contribution in [3.8, 4) is 0 Å². The summed E-state index contributed by atoms with van der Waals surface area (Å²) < 4.78 is 0. The van der Waals surface area contributed by atoms with Gasteiger partial charge in [0.1, 0.15) is 0 Å². The summed E-state index contributed by atoms with van der Waals surface area (Å²) in [5.41, 5.74) is 12.0. The normalized spacial score (nSPS) is 31.4. The lowest BCUT2D eigenvalue weighted by atomic mass is 10.1. The molecule has 0 aromatic rings. The fourth-order valence-corrected chi connectivity index (χ4v) is 1.69. The number of hydrogen-bond donors (Lipinski definition) is 3. The van der Waals surface area contributed by atoms with Gasteiger partial charge in [0.05, 0.1) is 5.82 Å². The van der Waals surface area contributed by atoms with Crippen molar-refractivity contribution in [1.29, 1.82) is 0 Å². The molecule has 4 nitrogen and oxygen atoms in total. The Bertz CT molecular complexity index is 306. The van der Waals surface area contributed by atoms with Crippen LogP contribution in [0.2, 0.25) is 0 Å². The number of amides is 1. The first-order valence-electron chi connectivity index (χ1n) is 4.38. The van der Waals surface area contributed by atoms with Crippen LogP contribution in [-0.2, 0) is 4.79 Å². The van der Waals surface area contributed by atoms with E-state index in [1.165, 1.54) is 5.57 Å². The Morgan fingerprint density at radius 1 is 1.54 bits per heavy atom. The molecule has 4 heteroatoms. The van der Waals surface area contributed by atoms with E-state index in [2.05, 4.69) is 5.32 Å². The lowest BCUT2D eigenvalue weighted by Gasteiger charge is -2.13. The third kappa shape index (κ3) is 1.52. The topological polar surface area (TPSA) is 81.1 Å². The average molecular weight is 179 g/mol. The van der Waals surface area contributed by atoms with Gasteiger partial charge in [-0.3, -0.25) is 4.79 Å². The van der Waals surface area contributed by atoms with E-state index in [-0.39, 0.29) is 11.8 Å². The molecule has 1 fully saturated rings. The number of nitrogens with two attached hydrogens (primary N) is 2. The van der Waals surface area contributed by atoms with Gasteiger partial charge in [0, 0.05) is 12.5 Å². The van der Waals surface area contributed by atoms with Crippen molar-refractivity contribution in [3.63, 3.8) is 0 Å². The first-order valence-corrected chi connectivity index (χ1v) is 4.38. The number of hydrogen-bond acceptors (Lipinski definition) is 3. The SMILES string of the molecule is NC(=O)[C@H]1C[C@@H]1C1=CC=C(N)NC1. The zero-order chi connectivity index (χ0) is 9.42. The van der Waals surface area contributed by atoms with Gasteiger partial charge in [0.15, 0.2) is 0 Å². The minimum absolute atomic E-state index is 0.0563. The molecule has 1 saturated carbocycles. The van der Waals surface area contributed by atoms with E-state index in [1.54, 1.807) is 0 Å². The Balaban J connectivity index is 2.01. The molecule has 0 radical (unpaired) electrons. The number of dihydropyridines is 1. The molecular formula is C9H13N3O. The molecule has 70 valence electrons. The van der Waals surface area contributed by atoms with E-state index >= 15 is 0 Å². The second-order valence-electron chi connectivity index (χ2n) is 3.57. The Hall–Kier alpha value is -1.45. The van der Waals surface area contributed by atoms with Gasteiger partial charge in [-0.05, 0) is 24.0 Å². The summed E-state index contributed by atoms with van der Waals surface area (Å²) in [5, 5.41) is 3.03. The molecule has 13 heavy (non-hydrogen) atoms. The molecule has 1 aliphatic heterocycles. The summed E-state index contributed by atoms with van der Waals surface area (Å²) in [5.74, 6) is 0.906. The first-order chi connectivity index (χ1) is 6.18. The van der Waals surface area contributed by atoms with Gasteiger partial charge in [0.2, 0.25) is 5.91 Å². The lowest BCUT2D eigenvalue weighted by Crippen LogP contribution is -2.26. The van der Waals surface area contributed by atoms with Gasteiger partial charge in [-0.15, -0.1) is 0 Å². The lowest BCUT2D eigenvalue weighted by molar-refractivity contribution is -0.119. The molecule has 0 aromatic carbocycles. The summed E-state index contributed by atoms with van der Waals surface area (Å²) in [4.78, 5) is 10.8. The summed E-state index contributed by atoms with van der Waals surface area (Å²) >= 11 is 0. The van der Waals surface area contributed by atoms with E-state index in [1.807, 2.05) is 12.2 Å². The van der Waals surface area contributed by atoms with Gasteiger partial charge in [-0.1, -0.05) is 6.08 Å². The predicted molar refractivity (Wildman–Crippen MR) is 49.1 cm³/mol. The molecule has 1 heterocycles. The fraction of sp³-hybridized carbons (Fsp3) is 0.444. The maximum atomic E-state index is 10.8. The van der Waals surface area contributed by atoms with Crippen molar-refractivity contribution in [2.24, 2.45) is 23.3 Å². The monoisotopic (exact) mass is 179 g/mol. The molecule has 0 bridgehead atoms. The minimum atomic E-state index is -0.187. The van der Waals surface area contributed by atoms with Crippen molar-refractivity contribution in [2.75, 3.05) is 6.54 Å². The Morgan fingerprint density at radius 3 is 2.77 bits per heavy atom. The van der Waals surface area contributed by atoms with Crippen LogP contribution in [0, 0.1) is 11.8 Å². The second kappa shape index (κ2) is 2.80. The standard InChI is InChI=1S/C9H13N3O/c10-8-2-1-5(4-12-8)6-3-7(6)9(11)13/h1-2,6-7,12H,3-4,10H2,(H2,11,13)/t6-,7+/m1/s1. The summed E-state index contributed by atoms with van der Waals surface area (Å²) in [6.45, 7) is 0.747. The van der Waals surface area contributed by atoms with Gasteiger partial charge in [-0.25, -0.2) is 0 Å². The second-order valence-corrected chi connectivity index (χ2v) is 3.57. The minimum Gasteiger partial charge on any atom is -0.386 e. The molecular weight excluding hydrogens is 166 g/mol. The van der Waals surface area contributed by atoms with E-state index < -0.39 is 0 Å². The molecule has 0 saturated heterocycles. The molecule has 2 aliphatic rings. The van der Waals surface area contributed by atoms with Gasteiger partial charge in [-0.2, -0.15) is 0 Å². The van der Waals surface area contributed by atoms with Crippen LogP contribution in [0.25, 0.3) is 0 Å². The Morgan fingerprint density at radius 2 is 2.31 bits per heavy atom. The van der Waals surface area contributed by atoms with Crippen LogP contribution < -0.4 is 16.8 Å². The van der Waals surface area contributed by atoms with Gasteiger partial charge < -0.3 is 16.8 Å². The first kappa shape index (κ1) is 8.16. The van der Waals surface area contributed by atoms with Crippen molar-refractivity contribution < 1.29 is 4.79 Å². The number of nitrogens with one attached hydrogen (secondary N) is 1. The Kier molecular flexibility index (Phi) is 1.76. The van der Waals surface area contributed by atoms with E-state index in [4.69, 9.17) is 11.5 Å².